The highest BCUT2D eigenvalue weighted by Gasteiger charge is 2.11. The standard InChI is InChI=1S/C20H10Br2N2S/c21-15-2-1-11-5-13-9-18-17(8-14(13)6-12(11)7-15)16(3-4-19(18)22)20-10-25-24-23-20/h1-10H. The summed E-state index contributed by atoms with van der Waals surface area (Å²) < 4.78 is 6.20. The van der Waals surface area contributed by atoms with Crippen molar-refractivity contribution in [1.29, 1.82) is 0 Å². The number of halogens is 2. The third kappa shape index (κ3) is 2.58. The highest BCUT2D eigenvalue weighted by atomic mass is 79.9. The van der Waals surface area contributed by atoms with Crippen LogP contribution in [0.3, 0.4) is 0 Å². The Morgan fingerprint density at radius 2 is 1.48 bits per heavy atom. The summed E-state index contributed by atoms with van der Waals surface area (Å²) in [4.78, 5) is 0. The Bertz CT molecular complexity index is 1260. The number of hydrogen-bond donors (Lipinski definition) is 0. The van der Waals surface area contributed by atoms with Gasteiger partial charge in [-0.25, -0.2) is 0 Å². The third-order valence-electron chi connectivity index (χ3n) is 4.47. The van der Waals surface area contributed by atoms with Gasteiger partial charge in [-0.1, -0.05) is 48.5 Å². The maximum Gasteiger partial charge on any atom is 0.106 e. The van der Waals surface area contributed by atoms with E-state index >= 15 is 0 Å². The number of aromatic nitrogens is 2. The minimum absolute atomic E-state index is 0.922. The second kappa shape index (κ2) is 5.87. The first-order valence-electron chi connectivity index (χ1n) is 7.72. The Hall–Kier alpha value is -1.82. The summed E-state index contributed by atoms with van der Waals surface area (Å²) in [5.74, 6) is 0. The molecular formula is C20H10Br2N2S. The van der Waals surface area contributed by atoms with Gasteiger partial charge in [0.05, 0.1) is 0 Å². The number of fused-ring (bicyclic) bond motifs is 3. The van der Waals surface area contributed by atoms with Crippen molar-refractivity contribution in [3.63, 3.8) is 0 Å². The van der Waals surface area contributed by atoms with E-state index in [0.29, 0.717) is 0 Å². The molecule has 1 heterocycles. The molecule has 0 aliphatic carbocycles. The predicted molar refractivity (Wildman–Crippen MR) is 113 cm³/mol. The van der Waals surface area contributed by atoms with Crippen molar-refractivity contribution in [3.05, 3.63) is 68.9 Å². The summed E-state index contributed by atoms with van der Waals surface area (Å²) in [5.41, 5.74) is 2.04. The lowest BCUT2D eigenvalue weighted by Crippen LogP contribution is -1.85. The van der Waals surface area contributed by atoms with Crippen molar-refractivity contribution in [2.45, 2.75) is 0 Å². The van der Waals surface area contributed by atoms with Crippen molar-refractivity contribution < 1.29 is 0 Å². The lowest BCUT2D eigenvalue weighted by Gasteiger charge is -2.10. The summed E-state index contributed by atoms with van der Waals surface area (Å²) >= 11 is 8.64. The first-order chi connectivity index (χ1) is 12.2. The van der Waals surface area contributed by atoms with Gasteiger partial charge < -0.3 is 0 Å². The van der Waals surface area contributed by atoms with E-state index in [1.807, 2.05) is 5.38 Å². The van der Waals surface area contributed by atoms with E-state index in [9.17, 15) is 0 Å². The highest BCUT2D eigenvalue weighted by molar-refractivity contribution is 9.11. The van der Waals surface area contributed by atoms with Gasteiger partial charge in [-0.15, -0.1) is 5.10 Å². The van der Waals surface area contributed by atoms with E-state index in [-0.39, 0.29) is 0 Å². The molecule has 0 bridgehead atoms. The van der Waals surface area contributed by atoms with Crippen LogP contribution in [0.1, 0.15) is 0 Å². The van der Waals surface area contributed by atoms with Gasteiger partial charge in [0.2, 0.25) is 0 Å². The Kier molecular flexibility index (Phi) is 3.62. The van der Waals surface area contributed by atoms with Crippen LogP contribution in [0, 0.1) is 0 Å². The maximum absolute atomic E-state index is 4.25. The Labute approximate surface area is 164 Å². The van der Waals surface area contributed by atoms with E-state index in [0.717, 1.165) is 20.2 Å². The molecule has 0 saturated heterocycles. The Balaban J connectivity index is 1.90. The quantitative estimate of drug-likeness (QED) is 0.243. The normalized spacial score (nSPS) is 11.6. The molecule has 25 heavy (non-hydrogen) atoms. The van der Waals surface area contributed by atoms with Crippen LogP contribution in [0.25, 0.3) is 43.6 Å². The molecule has 2 nitrogen and oxygen atoms in total. The van der Waals surface area contributed by atoms with Crippen molar-refractivity contribution in [3.8, 4) is 11.3 Å². The van der Waals surface area contributed by atoms with Crippen LogP contribution in [0.15, 0.2) is 68.9 Å². The van der Waals surface area contributed by atoms with Crippen molar-refractivity contribution >= 4 is 75.7 Å². The van der Waals surface area contributed by atoms with E-state index in [4.69, 9.17) is 0 Å². The minimum Gasteiger partial charge on any atom is -0.138 e. The van der Waals surface area contributed by atoms with Crippen molar-refractivity contribution in [2.75, 3.05) is 0 Å². The summed E-state index contributed by atoms with van der Waals surface area (Å²) in [6, 6.07) is 19.6. The molecule has 0 aliphatic rings. The topological polar surface area (TPSA) is 25.8 Å². The fourth-order valence-corrected chi connectivity index (χ4v) is 4.58. The van der Waals surface area contributed by atoms with Crippen molar-refractivity contribution in [2.24, 2.45) is 0 Å². The lowest BCUT2D eigenvalue weighted by atomic mass is 9.96. The molecule has 5 heteroatoms. The molecule has 0 aliphatic heterocycles. The largest absolute Gasteiger partial charge is 0.138 e. The molecule has 0 unspecified atom stereocenters. The van der Waals surface area contributed by atoms with Gasteiger partial charge in [0, 0.05) is 19.9 Å². The SMILES string of the molecule is Brc1ccc2cc3cc4c(Br)ccc(-c5csnn5)c4cc3cc2c1. The molecule has 0 spiro atoms. The zero-order chi connectivity index (χ0) is 17.0. The zero-order valence-corrected chi connectivity index (χ0v) is 16.8. The molecule has 0 saturated carbocycles. The molecule has 0 amide bonds. The number of rotatable bonds is 1. The molecule has 0 fully saturated rings. The van der Waals surface area contributed by atoms with Gasteiger partial charge in [-0.2, -0.15) is 0 Å². The van der Waals surface area contributed by atoms with Crippen LogP contribution in [0.2, 0.25) is 0 Å². The second-order valence-electron chi connectivity index (χ2n) is 5.97. The van der Waals surface area contributed by atoms with Crippen LogP contribution in [-0.2, 0) is 0 Å². The number of nitrogens with zero attached hydrogens (tertiary/aromatic N) is 2. The average Bonchev–Trinajstić information content (AvgIpc) is 3.13. The monoisotopic (exact) mass is 468 g/mol. The Morgan fingerprint density at radius 1 is 0.720 bits per heavy atom. The summed E-state index contributed by atoms with van der Waals surface area (Å²) in [7, 11) is 0. The van der Waals surface area contributed by atoms with Crippen LogP contribution < -0.4 is 0 Å². The smallest absolute Gasteiger partial charge is 0.106 e. The van der Waals surface area contributed by atoms with E-state index < -0.39 is 0 Å². The fourth-order valence-electron chi connectivity index (χ4n) is 3.28. The second-order valence-corrected chi connectivity index (χ2v) is 8.35. The van der Waals surface area contributed by atoms with E-state index in [1.165, 1.54) is 43.8 Å². The maximum atomic E-state index is 4.25. The average molecular weight is 470 g/mol. The first kappa shape index (κ1) is 15.4. The van der Waals surface area contributed by atoms with Crippen molar-refractivity contribution in [1.82, 2.24) is 9.59 Å². The van der Waals surface area contributed by atoms with Gasteiger partial charge >= 0.3 is 0 Å². The molecule has 4 aromatic carbocycles. The fraction of sp³-hybridized carbons (Fsp3) is 0. The van der Waals surface area contributed by atoms with Crippen LogP contribution >= 0.6 is 43.4 Å². The van der Waals surface area contributed by atoms with E-state index in [2.05, 4.69) is 96.0 Å². The third-order valence-corrected chi connectivity index (χ3v) is 6.16. The lowest BCUT2D eigenvalue weighted by molar-refractivity contribution is 1.16. The summed E-state index contributed by atoms with van der Waals surface area (Å²) in [6.45, 7) is 0. The van der Waals surface area contributed by atoms with Gasteiger partial charge in [-0.05, 0) is 86.3 Å². The minimum atomic E-state index is 0.922. The first-order valence-corrected chi connectivity index (χ1v) is 10.1. The molecule has 0 radical (unpaired) electrons. The highest BCUT2D eigenvalue weighted by Crippen LogP contribution is 2.37. The number of hydrogen-bond acceptors (Lipinski definition) is 3. The van der Waals surface area contributed by atoms with Crippen LogP contribution in [0.4, 0.5) is 0 Å². The molecule has 120 valence electrons. The van der Waals surface area contributed by atoms with Gasteiger partial charge in [0.15, 0.2) is 0 Å². The molecule has 0 atom stereocenters. The summed E-state index contributed by atoms with van der Waals surface area (Å²) in [6.07, 6.45) is 0. The van der Waals surface area contributed by atoms with Gasteiger partial charge in [-0.3, -0.25) is 0 Å². The van der Waals surface area contributed by atoms with E-state index in [1.54, 1.807) is 0 Å². The molecule has 0 N–H and O–H groups in total. The molecular weight excluding hydrogens is 460 g/mol. The molecule has 5 aromatic rings. The predicted octanol–water partition coefficient (Wildman–Crippen LogP) is 7.19. The summed E-state index contributed by atoms with van der Waals surface area (Å²) in [5, 5.41) is 13.5. The van der Waals surface area contributed by atoms with Crippen LogP contribution in [0.5, 0.6) is 0 Å². The number of benzene rings is 4. The van der Waals surface area contributed by atoms with Crippen LogP contribution in [-0.4, -0.2) is 9.59 Å². The zero-order valence-electron chi connectivity index (χ0n) is 12.8. The van der Waals surface area contributed by atoms with Gasteiger partial charge in [0.25, 0.3) is 0 Å². The van der Waals surface area contributed by atoms with Gasteiger partial charge in [0.1, 0.15) is 5.69 Å². The molecule has 1 aromatic heterocycles. The Morgan fingerprint density at radius 3 is 2.28 bits per heavy atom. The molecule has 5 rings (SSSR count).